The zero-order valence-corrected chi connectivity index (χ0v) is 11.1. The molecular formula is C13H18O5. The molecule has 0 aliphatic heterocycles. The zero-order chi connectivity index (χ0) is 13.9. The van der Waals surface area contributed by atoms with Gasteiger partial charge >= 0.3 is 5.97 Å². The fourth-order valence-corrected chi connectivity index (χ4v) is 1.99. The number of carbonyl (C=O) groups excluding carboxylic acids is 3. The van der Waals surface area contributed by atoms with Crippen molar-refractivity contribution in [3.05, 3.63) is 11.8 Å². The lowest BCUT2D eigenvalue weighted by molar-refractivity contribution is -0.157. The van der Waals surface area contributed by atoms with Crippen molar-refractivity contribution in [3.8, 4) is 0 Å². The Kier molecular flexibility index (Phi) is 4.27. The number of rotatable bonds is 4. The van der Waals surface area contributed by atoms with Crippen molar-refractivity contribution in [2.24, 2.45) is 11.3 Å². The Hall–Kier alpha value is -1.65. The van der Waals surface area contributed by atoms with Crippen LogP contribution in [0.4, 0.5) is 0 Å². The molecule has 0 radical (unpaired) electrons. The van der Waals surface area contributed by atoms with Gasteiger partial charge in [0.15, 0.2) is 5.76 Å². The minimum absolute atomic E-state index is 0.113. The van der Waals surface area contributed by atoms with Crippen molar-refractivity contribution >= 4 is 17.5 Å². The maximum Gasteiger partial charge on any atom is 0.375 e. The monoisotopic (exact) mass is 254 g/mol. The number of ketones is 2. The summed E-state index contributed by atoms with van der Waals surface area (Å²) >= 11 is 0. The number of methoxy groups -OCH3 is 1. The van der Waals surface area contributed by atoms with E-state index in [0.717, 1.165) is 0 Å². The van der Waals surface area contributed by atoms with Gasteiger partial charge in [0, 0.05) is 0 Å². The molecule has 0 heterocycles. The summed E-state index contributed by atoms with van der Waals surface area (Å²) < 4.78 is 9.61. The molecule has 0 aromatic rings. The van der Waals surface area contributed by atoms with Crippen molar-refractivity contribution in [1.29, 1.82) is 0 Å². The smallest absolute Gasteiger partial charge is 0.375 e. The van der Waals surface area contributed by atoms with Crippen LogP contribution in [0.2, 0.25) is 0 Å². The second-order valence-electron chi connectivity index (χ2n) is 4.91. The molecule has 0 saturated carbocycles. The molecule has 0 fully saturated rings. The average Bonchev–Trinajstić information content (AvgIpc) is 2.31. The lowest BCUT2D eigenvalue weighted by atomic mass is 9.74. The first-order chi connectivity index (χ1) is 8.32. The summed E-state index contributed by atoms with van der Waals surface area (Å²) in [5.74, 6) is -3.07. The molecule has 0 aromatic carbocycles. The molecule has 5 nitrogen and oxygen atoms in total. The molecule has 0 bridgehead atoms. The molecule has 0 amide bonds. The lowest BCUT2D eigenvalue weighted by Crippen LogP contribution is -2.38. The average molecular weight is 254 g/mol. The van der Waals surface area contributed by atoms with E-state index in [0.29, 0.717) is 0 Å². The molecule has 1 atom stereocenters. The Balaban J connectivity index is 2.98. The van der Waals surface area contributed by atoms with Gasteiger partial charge in [0.2, 0.25) is 5.78 Å². The van der Waals surface area contributed by atoms with Gasteiger partial charge in [0.25, 0.3) is 5.78 Å². The number of hydrogen-bond acceptors (Lipinski definition) is 5. The van der Waals surface area contributed by atoms with E-state index in [9.17, 15) is 14.4 Å². The third-order valence-electron chi connectivity index (χ3n) is 2.82. The summed E-state index contributed by atoms with van der Waals surface area (Å²) in [4.78, 5) is 35.3. The number of hydrogen-bond donors (Lipinski definition) is 0. The molecule has 0 saturated heterocycles. The third kappa shape index (κ3) is 2.97. The molecule has 1 aliphatic rings. The molecule has 0 spiro atoms. The van der Waals surface area contributed by atoms with Crippen molar-refractivity contribution in [2.45, 2.75) is 27.2 Å². The van der Waals surface area contributed by atoms with Crippen LogP contribution in [0.5, 0.6) is 0 Å². The highest BCUT2D eigenvalue weighted by molar-refractivity contribution is 6.39. The van der Waals surface area contributed by atoms with E-state index in [-0.39, 0.29) is 24.2 Å². The largest absolute Gasteiger partial charge is 0.493 e. The zero-order valence-electron chi connectivity index (χ0n) is 11.1. The van der Waals surface area contributed by atoms with Gasteiger partial charge in [0.05, 0.1) is 19.6 Å². The molecule has 1 aliphatic carbocycles. The Bertz CT molecular complexity index is 406. The second-order valence-corrected chi connectivity index (χ2v) is 4.91. The number of esters is 1. The Labute approximate surface area is 106 Å². The first-order valence-electron chi connectivity index (χ1n) is 5.84. The predicted molar refractivity (Wildman–Crippen MR) is 63.6 cm³/mol. The summed E-state index contributed by atoms with van der Waals surface area (Å²) in [6.45, 7) is 5.48. The molecule has 100 valence electrons. The van der Waals surface area contributed by atoms with Gasteiger partial charge in [-0.05, 0) is 24.8 Å². The molecule has 1 unspecified atom stereocenters. The van der Waals surface area contributed by atoms with Gasteiger partial charge < -0.3 is 9.47 Å². The minimum Gasteiger partial charge on any atom is -0.493 e. The maximum absolute atomic E-state index is 12.0. The molecule has 0 N–H and O–H groups in total. The molecule has 5 heteroatoms. The highest BCUT2D eigenvalue weighted by Crippen LogP contribution is 2.35. The van der Waals surface area contributed by atoms with E-state index in [2.05, 4.69) is 4.74 Å². The van der Waals surface area contributed by atoms with Crippen LogP contribution in [-0.4, -0.2) is 31.3 Å². The van der Waals surface area contributed by atoms with Gasteiger partial charge in [-0.15, -0.1) is 0 Å². The SMILES string of the molecule is CCOC(=O)C(=O)C1CC(C)(C)C=C(OC)C1=O. The van der Waals surface area contributed by atoms with Crippen LogP contribution in [0.1, 0.15) is 27.2 Å². The van der Waals surface area contributed by atoms with Crippen LogP contribution < -0.4 is 0 Å². The highest BCUT2D eigenvalue weighted by atomic mass is 16.5. The maximum atomic E-state index is 12.0. The van der Waals surface area contributed by atoms with E-state index < -0.39 is 23.5 Å². The molecular weight excluding hydrogens is 236 g/mol. The van der Waals surface area contributed by atoms with Crippen LogP contribution in [-0.2, 0) is 23.9 Å². The van der Waals surface area contributed by atoms with Crippen LogP contribution in [0.3, 0.4) is 0 Å². The van der Waals surface area contributed by atoms with E-state index in [1.807, 2.05) is 13.8 Å². The summed E-state index contributed by atoms with van der Waals surface area (Å²) in [6.07, 6.45) is 1.97. The summed E-state index contributed by atoms with van der Waals surface area (Å²) in [6, 6.07) is 0. The molecule has 18 heavy (non-hydrogen) atoms. The van der Waals surface area contributed by atoms with Crippen molar-refractivity contribution in [3.63, 3.8) is 0 Å². The summed E-state index contributed by atoms with van der Waals surface area (Å²) in [5, 5.41) is 0. The van der Waals surface area contributed by atoms with Gasteiger partial charge in [-0.1, -0.05) is 13.8 Å². The van der Waals surface area contributed by atoms with Crippen LogP contribution >= 0.6 is 0 Å². The third-order valence-corrected chi connectivity index (χ3v) is 2.82. The molecule has 1 rings (SSSR count). The first-order valence-corrected chi connectivity index (χ1v) is 5.84. The fourth-order valence-electron chi connectivity index (χ4n) is 1.99. The Morgan fingerprint density at radius 3 is 2.56 bits per heavy atom. The van der Waals surface area contributed by atoms with E-state index >= 15 is 0 Å². The van der Waals surface area contributed by atoms with Crippen molar-refractivity contribution in [1.82, 2.24) is 0 Å². The number of ether oxygens (including phenoxy) is 2. The van der Waals surface area contributed by atoms with Crippen LogP contribution in [0.25, 0.3) is 0 Å². The minimum atomic E-state index is -1.00. The normalized spacial score (nSPS) is 22.1. The van der Waals surface area contributed by atoms with Crippen LogP contribution in [0.15, 0.2) is 11.8 Å². The first kappa shape index (κ1) is 14.4. The predicted octanol–water partition coefficient (Wildman–Crippen LogP) is 1.26. The Morgan fingerprint density at radius 1 is 1.44 bits per heavy atom. The van der Waals surface area contributed by atoms with Gasteiger partial charge in [0.1, 0.15) is 0 Å². The standard InChI is InChI=1S/C13H18O5/c1-5-18-12(16)11(15)8-6-13(2,3)7-9(17-4)10(8)14/h7-8H,5-6H2,1-4H3. The van der Waals surface area contributed by atoms with E-state index in [4.69, 9.17) is 4.74 Å². The fraction of sp³-hybridized carbons (Fsp3) is 0.615. The van der Waals surface area contributed by atoms with Gasteiger partial charge in [-0.2, -0.15) is 0 Å². The highest BCUT2D eigenvalue weighted by Gasteiger charge is 2.42. The van der Waals surface area contributed by atoms with Crippen molar-refractivity contribution < 1.29 is 23.9 Å². The topological polar surface area (TPSA) is 69.7 Å². The quantitative estimate of drug-likeness (QED) is 0.429. The van der Waals surface area contributed by atoms with Gasteiger partial charge in [-0.25, -0.2) is 4.79 Å². The Morgan fingerprint density at radius 2 is 2.06 bits per heavy atom. The van der Waals surface area contributed by atoms with Gasteiger partial charge in [-0.3, -0.25) is 9.59 Å². The van der Waals surface area contributed by atoms with Crippen LogP contribution in [0, 0.1) is 11.3 Å². The lowest BCUT2D eigenvalue weighted by Gasteiger charge is -2.30. The van der Waals surface area contributed by atoms with E-state index in [1.54, 1.807) is 13.0 Å². The molecule has 0 aromatic heterocycles. The summed E-state index contributed by atoms with van der Waals surface area (Å²) in [7, 11) is 1.37. The summed E-state index contributed by atoms with van der Waals surface area (Å²) in [5.41, 5.74) is -0.369. The number of carbonyl (C=O) groups is 3. The number of Topliss-reactive ketones (excluding diaryl/α,β-unsaturated/α-hetero) is 2. The second kappa shape index (κ2) is 5.33. The number of allylic oxidation sites excluding steroid dienone is 2. The van der Waals surface area contributed by atoms with Crippen molar-refractivity contribution in [2.75, 3.05) is 13.7 Å². The van der Waals surface area contributed by atoms with E-state index in [1.165, 1.54) is 7.11 Å².